The molecular formula is C29H38N2S2. The Morgan fingerprint density at radius 1 is 0.727 bits per heavy atom. The molecule has 2 nitrogen and oxygen atoms in total. The smallest absolute Gasteiger partial charge is 0.0483 e. The first-order chi connectivity index (χ1) is 15.8. The van der Waals surface area contributed by atoms with Crippen LogP contribution in [0.3, 0.4) is 0 Å². The first-order valence-electron chi connectivity index (χ1n) is 13.0. The van der Waals surface area contributed by atoms with E-state index in [1.165, 1.54) is 83.7 Å². The van der Waals surface area contributed by atoms with Crippen LogP contribution in [0.1, 0.15) is 90.2 Å². The zero-order chi connectivity index (χ0) is 22.8. The summed E-state index contributed by atoms with van der Waals surface area (Å²) < 4.78 is 0. The molecule has 6 rings (SSSR count). The molecular weight excluding hydrogens is 440 g/mol. The van der Waals surface area contributed by atoms with Crippen molar-refractivity contribution in [1.82, 2.24) is 0 Å². The van der Waals surface area contributed by atoms with Gasteiger partial charge in [-0.3, -0.25) is 0 Å². The predicted octanol–water partition coefficient (Wildman–Crippen LogP) is 8.45. The van der Waals surface area contributed by atoms with Gasteiger partial charge in [0.05, 0.1) is 0 Å². The van der Waals surface area contributed by atoms with Crippen molar-refractivity contribution in [2.75, 3.05) is 10.6 Å². The zero-order valence-corrected chi connectivity index (χ0v) is 22.2. The van der Waals surface area contributed by atoms with Crippen LogP contribution < -0.4 is 10.6 Å². The largest absolute Gasteiger partial charge is 0.378 e. The molecule has 2 aliphatic carbocycles. The Balaban J connectivity index is 1.30. The molecule has 0 amide bonds. The molecule has 4 heteroatoms. The van der Waals surface area contributed by atoms with Crippen molar-refractivity contribution in [2.45, 2.75) is 116 Å². The van der Waals surface area contributed by atoms with Gasteiger partial charge in [0.2, 0.25) is 0 Å². The molecule has 0 bridgehead atoms. The van der Waals surface area contributed by atoms with Crippen LogP contribution in [0.25, 0.3) is 0 Å². The van der Waals surface area contributed by atoms with Gasteiger partial charge in [0.1, 0.15) is 0 Å². The van der Waals surface area contributed by atoms with Crippen LogP contribution >= 0.6 is 23.5 Å². The van der Waals surface area contributed by atoms with E-state index in [4.69, 9.17) is 0 Å². The highest BCUT2D eigenvalue weighted by molar-refractivity contribution is 8.00. The third-order valence-electron chi connectivity index (χ3n) is 9.03. The van der Waals surface area contributed by atoms with Gasteiger partial charge in [-0.05, 0) is 74.9 Å². The third-order valence-corrected chi connectivity index (χ3v) is 12.3. The summed E-state index contributed by atoms with van der Waals surface area (Å²) in [7, 11) is 0. The summed E-state index contributed by atoms with van der Waals surface area (Å²) in [5.41, 5.74) is 6.00. The van der Waals surface area contributed by atoms with Gasteiger partial charge < -0.3 is 10.6 Å². The van der Waals surface area contributed by atoms with E-state index >= 15 is 0 Å². The van der Waals surface area contributed by atoms with Gasteiger partial charge in [-0.25, -0.2) is 0 Å². The van der Waals surface area contributed by atoms with E-state index in [1.54, 1.807) is 0 Å². The number of fused-ring (bicyclic) bond motifs is 4. The van der Waals surface area contributed by atoms with Crippen molar-refractivity contribution in [2.24, 2.45) is 0 Å². The number of rotatable bonds is 2. The lowest BCUT2D eigenvalue weighted by Crippen LogP contribution is -2.49. The molecule has 0 aromatic heterocycles. The highest BCUT2D eigenvalue weighted by Crippen LogP contribution is 2.51. The van der Waals surface area contributed by atoms with Crippen molar-refractivity contribution < 1.29 is 0 Å². The Kier molecular flexibility index (Phi) is 5.31. The maximum Gasteiger partial charge on any atom is 0.0483 e. The van der Waals surface area contributed by atoms with Gasteiger partial charge in [-0.2, -0.15) is 0 Å². The van der Waals surface area contributed by atoms with E-state index in [2.05, 4.69) is 98.3 Å². The topological polar surface area (TPSA) is 24.1 Å². The van der Waals surface area contributed by atoms with E-state index in [0.29, 0.717) is 10.5 Å². The highest BCUT2D eigenvalue weighted by atomic mass is 32.2. The van der Waals surface area contributed by atoms with Crippen LogP contribution in [0.15, 0.2) is 46.2 Å². The van der Waals surface area contributed by atoms with Crippen molar-refractivity contribution in [1.29, 1.82) is 0 Å². The lowest BCUT2D eigenvalue weighted by Gasteiger charge is -2.47. The molecule has 2 fully saturated rings. The molecule has 2 heterocycles. The van der Waals surface area contributed by atoms with Gasteiger partial charge in [-0.1, -0.05) is 51.7 Å². The fraction of sp³-hybridized carbons (Fsp3) is 0.586. The Labute approximate surface area is 208 Å². The molecule has 0 saturated heterocycles. The number of hydrogen-bond donors (Lipinski definition) is 2. The van der Waals surface area contributed by atoms with Crippen LogP contribution in [0, 0.1) is 0 Å². The molecule has 2 aromatic carbocycles. The van der Waals surface area contributed by atoms with Gasteiger partial charge in [0.25, 0.3) is 0 Å². The van der Waals surface area contributed by atoms with Crippen molar-refractivity contribution in [3.63, 3.8) is 0 Å². The molecule has 0 spiro atoms. The minimum Gasteiger partial charge on any atom is -0.378 e. The molecule has 2 saturated carbocycles. The summed E-state index contributed by atoms with van der Waals surface area (Å²) >= 11 is 4.25. The number of anilines is 2. The Hall–Kier alpha value is -1.26. The quantitative estimate of drug-likeness (QED) is 0.452. The van der Waals surface area contributed by atoms with E-state index in [9.17, 15) is 0 Å². The summed E-state index contributed by atoms with van der Waals surface area (Å²) in [5.74, 6) is 0. The average molecular weight is 479 g/mol. The number of hydrogen-bond acceptors (Lipinski definition) is 4. The molecule has 2 aliphatic heterocycles. The van der Waals surface area contributed by atoms with Crippen LogP contribution in [-0.2, 0) is 5.41 Å². The first kappa shape index (κ1) is 22.2. The fourth-order valence-corrected chi connectivity index (χ4v) is 9.52. The second-order valence-electron chi connectivity index (χ2n) is 11.8. The fourth-order valence-electron chi connectivity index (χ4n) is 6.58. The summed E-state index contributed by atoms with van der Waals surface area (Å²) in [5, 5.41) is 9.24. The Morgan fingerprint density at radius 2 is 1.18 bits per heavy atom. The SMILES string of the molecule is CC(C)(c1ccc2c(c1)SC1CCCCC1(C)N2)c1ccc2c(c1)SC1CCCCC1(C)N2. The van der Waals surface area contributed by atoms with E-state index in [0.717, 1.165) is 0 Å². The zero-order valence-electron chi connectivity index (χ0n) is 20.6. The Morgan fingerprint density at radius 3 is 1.64 bits per heavy atom. The second kappa shape index (κ2) is 7.88. The second-order valence-corrected chi connectivity index (χ2v) is 14.3. The minimum absolute atomic E-state index is 0.0220. The van der Waals surface area contributed by atoms with Gasteiger partial charge in [0.15, 0.2) is 0 Å². The Bertz CT molecular complexity index is 996. The van der Waals surface area contributed by atoms with E-state index < -0.39 is 0 Å². The summed E-state index contributed by atoms with van der Waals surface area (Å²) in [4.78, 5) is 2.88. The van der Waals surface area contributed by atoms with Crippen LogP contribution in [-0.4, -0.2) is 21.6 Å². The van der Waals surface area contributed by atoms with Crippen LogP contribution in [0.2, 0.25) is 0 Å². The number of benzene rings is 2. The summed E-state index contributed by atoms with van der Waals surface area (Å²) in [6.07, 6.45) is 10.7. The summed E-state index contributed by atoms with van der Waals surface area (Å²) in [6, 6.07) is 14.4. The number of thioether (sulfide) groups is 2. The van der Waals surface area contributed by atoms with Crippen molar-refractivity contribution >= 4 is 34.9 Å². The molecule has 4 atom stereocenters. The lowest BCUT2D eigenvalue weighted by atomic mass is 9.77. The lowest BCUT2D eigenvalue weighted by molar-refractivity contribution is 0.357. The maximum absolute atomic E-state index is 3.93. The standard InChI is InChI=1S/C29H38N2S2/c1-27(2,19-11-13-21-23(17-19)32-25-9-5-7-15-28(25,3)30-21)20-12-14-22-24(18-20)33-26-10-6-8-16-29(26,4)31-22/h11-14,17-18,25-26,30-31H,5-10,15-16H2,1-4H3. The van der Waals surface area contributed by atoms with E-state index in [-0.39, 0.29) is 16.5 Å². The number of nitrogens with one attached hydrogen (secondary N) is 2. The van der Waals surface area contributed by atoms with Gasteiger partial charge in [0, 0.05) is 48.2 Å². The van der Waals surface area contributed by atoms with Crippen molar-refractivity contribution in [3.05, 3.63) is 47.5 Å². The molecule has 4 aliphatic rings. The van der Waals surface area contributed by atoms with E-state index in [1.807, 2.05) is 0 Å². The van der Waals surface area contributed by atoms with Gasteiger partial charge in [-0.15, -0.1) is 23.5 Å². The molecule has 0 radical (unpaired) electrons. The first-order valence-corrected chi connectivity index (χ1v) is 14.7. The van der Waals surface area contributed by atoms with Crippen molar-refractivity contribution in [3.8, 4) is 0 Å². The highest BCUT2D eigenvalue weighted by Gasteiger charge is 2.42. The summed E-state index contributed by atoms with van der Waals surface area (Å²) in [6.45, 7) is 9.66. The van der Waals surface area contributed by atoms with Crippen LogP contribution in [0.4, 0.5) is 11.4 Å². The third kappa shape index (κ3) is 3.71. The predicted molar refractivity (Wildman–Crippen MR) is 145 cm³/mol. The molecule has 33 heavy (non-hydrogen) atoms. The molecule has 4 unspecified atom stereocenters. The molecule has 2 N–H and O–H groups in total. The van der Waals surface area contributed by atoms with Crippen LogP contribution in [0.5, 0.6) is 0 Å². The maximum atomic E-state index is 3.93. The molecule has 2 aromatic rings. The average Bonchev–Trinajstić information content (AvgIpc) is 2.79. The monoisotopic (exact) mass is 478 g/mol. The normalized spacial score (nSPS) is 33.0. The molecule has 176 valence electrons. The minimum atomic E-state index is -0.0220. The van der Waals surface area contributed by atoms with Gasteiger partial charge >= 0.3 is 0 Å².